The lowest BCUT2D eigenvalue weighted by Crippen LogP contribution is -2.45. The molecule has 1 fully saturated rings. The summed E-state index contributed by atoms with van der Waals surface area (Å²) in [5.41, 5.74) is 0.510. The van der Waals surface area contributed by atoms with E-state index < -0.39 is 0 Å². The van der Waals surface area contributed by atoms with E-state index in [0.717, 1.165) is 17.6 Å². The molecule has 0 aromatic heterocycles. The number of nitrogens with one attached hydrogen (secondary N) is 1. The van der Waals surface area contributed by atoms with Crippen LogP contribution in [0.4, 0.5) is 0 Å². The summed E-state index contributed by atoms with van der Waals surface area (Å²) in [4.78, 5) is 13.9. The molecule has 1 atom stereocenters. The highest BCUT2D eigenvalue weighted by Gasteiger charge is 2.20. The molecule has 1 aliphatic rings. The minimum atomic E-state index is -0.0910. The number of likely N-dealkylation sites (N-methyl/N-ethyl adjacent to an activating group) is 1. The van der Waals surface area contributed by atoms with Crippen LogP contribution in [-0.2, 0) is 4.74 Å². The number of hydrogen-bond acceptors (Lipinski definition) is 3. The fourth-order valence-electron chi connectivity index (χ4n) is 1.99. The number of rotatable bonds is 3. The lowest BCUT2D eigenvalue weighted by Gasteiger charge is -2.28. The Morgan fingerprint density at radius 2 is 2.42 bits per heavy atom. The smallest absolute Gasteiger partial charge is 0.255 e. The van der Waals surface area contributed by atoms with E-state index in [4.69, 9.17) is 16.3 Å². The predicted octanol–water partition coefficient (Wildman–Crippen LogP) is 2.16. The van der Waals surface area contributed by atoms with Gasteiger partial charge in [0.25, 0.3) is 5.91 Å². The number of amides is 1. The number of carbonyl (C=O) groups is 1. The number of morpholine rings is 1. The third kappa shape index (κ3) is 3.92. The fourth-order valence-corrected chi connectivity index (χ4v) is 2.75. The van der Waals surface area contributed by atoms with Crippen molar-refractivity contribution in [3.63, 3.8) is 0 Å². The van der Waals surface area contributed by atoms with Crippen LogP contribution >= 0.6 is 27.5 Å². The van der Waals surface area contributed by atoms with E-state index in [9.17, 15) is 4.79 Å². The zero-order chi connectivity index (χ0) is 13.8. The summed E-state index contributed by atoms with van der Waals surface area (Å²) in [7, 11) is 1.76. The molecule has 1 unspecified atom stereocenters. The second kappa shape index (κ2) is 6.70. The number of hydrogen-bond donors (Lipinski definition) is 1. The zero-order valence-electron chi connectivity index (χ0n) is 10.7. The first-order valence-electron chi connectivity index (χ1n) is 6.11. The van der Waals surface area contributed by atoms with Crippen molar-refractivity contribution in [3.05, 3.63) is 33.3 Å². The molecule has 1 amide bonds. The normalized spacial score (nSPS) is 19.2. The van der Waals surface area contributed by atoms with E-state index >= 15 is 0 Å². The van der Waals surface area contributed by atoms with Crippen LogP contribution in [0.25, 0.3) is 0 Å². The molecule has 4 nitrogen and oxygen atoms in total. The lowest BCUT2D eigenvalue weighted by atomic mass is 10.2. The standard InChI is InChI=1S/C13H16BrClN2O2/c1-17(8-10-7-16-4-5-19-10)13(18)11-3-2-9(14)6-12(11)15/h2-3,6,10,16H,4-5,7-8H2,1H3. The van der Waals surface area contributed by atoms with Crippen molar-refractivity contribution in [2.75, 3.05) is 33.3 Å². The van der Waals surface area contributed by atoms with Crippen LogP contribution in [0.3, 0.4) is 0 Å². The van der Waals surface area contributed by atoms with Gasteiger partial charge in [-0.05, 0) is 18.2 Å². The maximum atomic E-state index is 12.3. The number of carbonyl (C=O) groups excluding carboxylic acids is 1. The van der Waals surface area contributed by atoms with Crippen molar-refractivity contribution in [2.45, 2.75) is 6.10 Å². The second-order valence-electron chi connectivity index (χ2n) is 4.51. The first-order valence-corrected chi connectivity index (χ1v) is 7.28. The van der Waals surface area contributed by atoms with Crippen LogP contribution < -0.4 is 5.32 Å². The van der Waals surface area contributed by atoms with Gasteiger partial charge in [0.1, 0.15) is 0 Å². The Bertz CT molecular complexity index is 464. The number of nitrogens with zero attached hydrogens (tertiary/aromatic N) is 1. The summed E-state index contributed by atoms with van der Waals surface area (Å²) in [6.07, 6.45) is 0.0388. The summed E-state index contributed by atoms with van der Waals surface area (Å²) in [5.74, 6) is -0.0910. The van der Waals surface area contributed by atoms with Gasteiger partial charge in [-0.25, -0.2) is 0 Å². The van der Waals surface area contributed by atoms with Gasteiger partial charge in [-0.15, -0.1) is 0 Å². The molecule has 0 radical (unpaired) electrons. The first kappa shape index (κ1) is 14.8. The molecule has 0 saturated carbocycles. The van der Waals surface area contributed by atoms with Gasteiger partial charge in [0.05, 0.1) is 23.3 Å². The quantitative estimate of drug-likeness (QED) is 0.911. The van der Waals surface area contributed by atoms with Crippen LogP contribution in [0.15, 0.2) is 22.7 Å². The molecule has 1 heterocycles. The van der Waals surface area contributed by atoms with E-state index in [1.54, 1.807) is 24.1 Å². The average Bonchev–Trinajstić information content (AvgIpc) is 2.39. The van der Waals surface area contributed by atoms with E-state index in [1.165, 1.54) is 0 Å². The highest BCUT2D eigenvalue weighted by atomic mass is 79.9. The minimum Gasteiger partial charge on any atom is -0.374 e. The molecule has 0 aliphatic carbocycles. The average molecular weight is 348 g/mol. The van der Waals surface area contributed by atoms with Crippen molar-refractivity contribution >= 4 is 33.4 Å². The second-order valence-corrected chi connectivity index (χ2v) is 5.83. The molecule has 1 aromatic rings. The van der Waals surface area contributed by atoms with Gasteiger partial charge in [0, 0.05) is 31.2 Å². The molecule has 104 valence electrons. The molecule has 0 bridgehead atoms. The van der Waals surface area contributed by atoms with Crippen molar-refractivity contribution in [1.29, 1.82) is 0 Å². The molecular formula is C13H16BrClN2O2. The third-order valence-corrected chi connectivity index (χ3v) is 3.80. The molecule has 19 heavy (non-hydrogen) atoms. The number of benzene rings is 1. The molecule has 1 aliphatic heterocycles. The molecular weight excluding hydrogens is 332 g/mol. The maximum Gasteiger partial charge on any atom is 0.255 e. The predicted molar refractivity (Wildman–Crippen MR) is 78.7 cm³/mol. The molecule has 2 rings (SSSR count). The molecule has 0 spiro atoms. The van der Waals surface area contributed by atoms with Crippen LogP contribution in [0.1, 0.15) is 10.4 Å². The Kier molecular flexibility index (Phi) is 5.21. The Labute approximate surface area is 126 Å². The molecule has 1 aromatic carbocycles. The first-order chi connectivity index (χ1) is 9.08. The number of halogens is 2. The fraction of sp³-hybridized carbons (Fsp3) is 0.462. The van der Waals surface area contributed by atoms with E-state index in [2.05, 4.69) is 21.2 Å². The monoisotopic (exact) mass is 346 g/mol. The summed E-state index contributed by atoms with van der Waals surface area (Å²) < 4.78 is 6.44. The van der Waals surface area contributed by atoms with E-state index in [1.807, 2.05) is 6.07 Å². The molecule has 6 heteroatoms. The van der Waals surface area contributed by atoms with Gasteiger partial charge in [0.2, 0.25) is 0 Å². The SMILES string of the molecule is CN(CC1CNCCO1)C(=O)c1ccc(Br)cc1Cl. The van der Waals surface area contributed by atoms with Gasteiger partial charge >= 0.3 is 0 Å². The highest BCUT2D eigenvalue weighted by Crippen LogP contribution is 2.22. The Balaban J connectivity index is 2.01. The van der Waals surface area contributed by atoms with Crippen LogP contribution in [0, 0.1) is 0 Å². The summed E-state index contributed by atoms with van der Waals surface area (Å²) in [6, 6.07) is 5.26. The molecule has 1 N–H and O–H groups in total. The van der Waals surface area contributed by atoms with Gasteiger partial charge in [-0.1, -0.05) is 27.5 Å². The highest BCUT2D eigenvalue weighted by molar-refractivity contribution is 9.10. The Morgan fingerprint density at radius 3 is 3.05 bits per heavy atom. The van der Waals surface area contributed by atoms with Crippen LogP contribution in [0.5, 0.6) is 0 Å². The third-order valence-electron chi connectivity index (χ3n) is 2.99. The van der Waals surface area contributed by atoms with Crippen molar-refractivity contribution in [3.8, 4) is 0 Å². The minimum absolute atomic E-state index is 0.0388. The maximum absolute atomic E-state index is 12.3. The van der Waals surface area contributed by atoms with Gasteiger partial charge in [-0.3, -0.25) is 4.79 Å². The topological polar surface area (TPSA) is 41.6 Å². The van der Waals surface area contributed by atoms with Gasteiger partial charge < -0.3 is 15.0 Å². The summed E-state index contributed by atoms with van der Waals surface area (Å²) >= 11 is 9.41. The van der Waals surface area contributed by atoms with Gasteiger partial charge in [-0.2, -0.15) is 0 Å². The van der Waals surface area contributed by atoms with Gasteiger partial charge in [0.15, 0.2) is 0 Å². The van der Waals surface area contributed by atoms with Crippen molar-refractivity contribution in [1.82, 2.24) is 10.2 Å². The summed E-state index contributed by atoms with van der Waals surface area (Å²) in [6.45, 7) is 2.88. The Morgan fingerprint density at radius 1 is 1.63 bits per heavy atom. The van der Waals surface area contributed by atoms with Crippen LogP contribution in [0.2, 0.25) is 5.02 Å². The number of ether oxygens (including phenoxy) is 1. The van der Waals surface area contributed by atoms with Crippen molar-refractivity contribution < 1.29 is 9.53 Å². The molecule has 1 saturated heterocycles. The van der Waals surface area contributed by atoms with E-state index in [0.29, 0.717) is 23.7 Å². The largest absolute Gasteiger partial charge is 0.374 e. The Hall–Kier alpha value is -0.620. The summed E-state index contributed by atoms with van der Waals surface area (Å²) in [5, 5.41) is 3.70. The zero-order valence-corrected chi connectivity index (χ0v) is 13.0. The van der Waals surface area contributed by atoms with E-state index in [-0.39, 0.29) is 12.0 Å². The lowest BCUT2D eigenvalue weighted by molar-refractivity contribution is 0.0104. The van der Waals surface area contributed by atoms with Crippen molar-refractivity contribution in [2.24, 2.45) is 0 Å². The van der Waals surface area contributed by atoms with Crippen LogP contribution in [-0.4, -0.2) is 50.2 Å².